The van der Waals surface area contributed by atoms with Crippen LogP contribution in [0.25, 0.3) is 0 Å². The summed E-state index contributed by atoms with van der Waals surface area (Å²) in [6, 6.07) is 3.05. The fraction of sp³-hybridized carbons (Fsp3) is 0.286. The molecule has 1 aromatic heterocycles. The van der Waals surface area contributed by atoms with Gasteiger partial charge in [0.05, 0.1) is 0 Å². The van der Waals surface area contributed by atoms with Crippen LogP contribution in [0.4, 0.5) is 22.0 Å². The van der Waals surface area contributed by atoms with E-state index < -0.39 is 29.4 Å². The van der Waals surface area contributed by atoms with Crippen molar-refractivity contribution in [1.82, 2.24) is 14.1 Å². The van der Waals surface area contributed by atoms with E-state index in [4.69, 9.17) is 0 Å². The molecule has 132 valence electrons. The first-order valence-corrected chi connectivity index (χ1v) is 6.85. The molecule has 0 spiro atoms. The van der Waals surface area contributed by atoms with Gasteiger partial charge < -0.3 is 0 Å². The predicted octanol–water partition coefficient (Wildman–Crippen LogP) is 3.13. The highest BCUT2D eigenvalue weighted by Crippen LogP contribution is 2.37. The summed E-state index contributed by atoms with van der Waals surface area (Å²) < 4.78 is 65.0. The molecule has 0 aliphatic heterocycles. The predicted molar refractivity (Wildman–Crippen MR) is 81.4 cm³/mol. The van der Waals surface area contributed by atoms with Gasteiger partial charge in [-0.2, -0.15) is 18.3 Å². The number of rotatable bonds is 2. The molecule has 2 aromatic rings. The van der Waals surface area contributed by atoms with Gasteiger partial charge >= 0.3 is 6.18 Å². The first-order chi connectivity index (χ1) is 11.0. The Morgan fingerprint density at radius 3 is 2.21 bits per heavy atom. The van der Waals surface area contributed by atoms with Crippen LogP contribution >= 0.6 is 12.8 Å². The van der Waals surface area contributed by atoms with E-state index in [-0.39, 0.29) is 5.56 Å². The lowest BCUT2D eigenvalue weighted by Crippen LogP contribution is -2.30. The Bertz CT molecular complexity index is 733. The molecule has 4 nitrogen and oxygen atoms in total. The van der Waals surface area contributed by atoms with Crippen molar-refractivity contribution in [3.8, 4) is 0 Å². The molecule has 1 heterocycles. The van der Waals surface area contributed by atoms with Crippen LogP contribution in [0.2, 0.25) is 0 Å². The number of benzene rings is 1. The molecular weight excluding hydrogens is 353 g/mol. The SMILES string of the molecule is CN(S)C(c1ccc(F)c(F)c1)C(F)(F)F.Cn1ncccc1=O. The Balaban J connectivity index is 0.000000300. The van der Waals surface area contributed by atoms with Crippen LogP contribution in [0, 0.1) is 11.6 Å². The zero-order chi connectivity index (χ0) is 18.5. The lowest BCUT2D eigenvalue weighted by molar-refractivity contribution is -0.169. The molecule has 0 bridgehead atoms. The van der Waals surface area contributed by atoms with Crippen molar-refractivity contribution in [3.05, 3.63) is 64.1 Å². The highest BCUT2D eigenvalue weighted by atomic mass is 32.1. The van der Waals surface area contributed by atoms with Gasteiger partial charge in [0.25, 0.3) is 5.56 Å². The minimum atomic E-state index is -4.61. The van der Waals surface area contributed by atoms with Crippen LogP contribution in [0.5, 0.6) is 0 Å². The van der Waals surface area contributed by atoms with E-state index in [1.165, 1.54) is 10.7 Å². The van der Waals surface area contributed by atoms with E-state index in [1.807, 2.05) is 0 Å². The van der Waals surface area contributed by atoms with Gasteiger partial charge in [-0.25, -0.2) is 17.8 Å². The van der Waals surface area contributed by atoms with Gasteiger partial charge in [0.15, 0.2) is 11.6 Å². The fourth-order valence-electron chi connectivity index (χ4n) is 1.73. The van der Waals surface area contributed by atoms with Gasteiger partial charge in [0.1, 0.15) is 6.04 Å². The largest absolute Gasteiger partial charge is 0.408 e. The van der Waals surface area contributed by atoms with Crippen molar-refractivity contribution in [2.75, 3.05) is 7.05 Å². The number of alkyl halides is 3. The number of nitrogens with zero attached hydrogens (tertiary/aromatic N) is 3. The Morgan fingerprint density at radius 1 is 1.21 bits per heavy atom. The highest BCUT2D eigenvalue weighted by Gasteiger charge is 2.43. The van der Waals surface area contributed by atoms with E-state index in [2.05, 4.69) is 17.9 Å². The third-order valence-corrected chi connectivity index (χ3v) is 3.06. The Morgan fingerprint density at radius 2 is 1.83 bits per heavy atom. The second-order valence-corrected chi connectivity index (χ2v) is 5.31. The molecule has 0 N–H and O–H groups in total. The monoisotopic (exact) mass is 367 g/mol. The molecule has 1 unspecified atom stereocenters. The summed E-state index contributed by atoms with van der Waals surface area (Å²) in [7, 11) is 2.70. The van der Waals surface area contributed by atoms with Crippen LogP contribution in [-0.2, 0) is 7.05 Å². The van der Waals surface area contributed by atoms with Crippen molar-refractivity contribution in [1.29, 1.82) is 0 Å². The molecule has 0 aliphatic carbocycles. The molecule has 10 heteroatoms. The van der Waals surface area contributed by atoms with Gasteiger partial charge in [-0.15, -0.1) is 0 Å². The molecule has 2 rings (SSSR count). The van der Waals surface area contributed by atoms with Crippen LogP contribution in [-0.4, -0.2) is 27.3 Å². The van der Waals surface area contributed by atoms with Crippen molar-refractivity contribution in [2.24, 2.45) is 7.05 Å². The standard InChI is InChI=1S/C9H8F5NS.C5H6N2O/c1-15(16)8(9(12,13)14)5-2-3-6(10)7(11)4-5;1-7-5(8)3-2-4-6-7/h2-4,8,16H,1H3;2-4H,1H3. The van der Waals surface area contributed by atoms with Crippen LogP contribution < -0.4 is 5.56 Å². The second-order valence-electron chi connectivity index (χ2n) is 4.68. The topological polar surface area (TPSA) is 38.1 Å². The third kappa shape index (κ3) is 5.60. The smallest absolute Gasteiger partial charge is 0.268 e. The molecule has 0 saturated carbocycles. The summed E-state index contributed by atoms with van der Waals surface area (Å²) in [6.07, 6.45) is -3.04. The van der Waals surface area contributed by atoms with E-state index in [0.717, 1.165) is 13.1 Å². The zero-order valence-electron chi connectivity index (χ0n) is 12.6. The van der Waals surface area contributed by atoms with Crippen molar-refractivity contribution in [3.63, 3.8) is 0 Å². The third-order valence-electron chi connectivity index (χ3n) is 2.83. The van der Waals surface area contributed by atoms with E-state index in [1.54, 1.807) is 19.3 Å². The number of aryl methyl sites for hydroxylation is 1. The quantitative estimate of drug-likeness (QED) is 0.655. The van der Waals surface area contributed by atoms with Crippen LogP contribution in [0.1, 0.15) is 11.6 Å². The van der Waals surface area contributed by atoms with Gasteiger partial charge in [-0.05, 0) is 30.8 Å². The Labute approximate surface area is 140 Å². The summed E-state index contributed by atoms with van der Waals surface area (Å²) in [5.74, 6) is -2.51. The summed E-state index contributed by atoms with van der Waals surface area (Å²) in [4.78, 5) is 10.5. The molecule has 0 radical (unpaired) electrons. The Kier molecular flexibility index (Phi) is 6.91. The van der Waals surface area contributed by atoms with E-state index in [0.29, 0.717) is 16.4 Å². The molecule has 1 atom stereocenters. The van der Waals surface area contributed by atoms with Gasteiger partial charge in [-0.3, -0.25) is 4.79 Å². The first-order valence-electron chi connectivity index (χ1n) is 6.45. The lowest BCUT2D eigenvalue weighted by atomic mass is 10.1. The Hall–Kier alpha value is -1.94. The van der Waals surface area contributed by atoms with E-state index in [9.17, 15) is 26.7 Å². The minimum absolute atomic E-state index is 0.0764. The van der Waals surface area contributed by atoms with Gasteiger partial charge in [0.2, 0.25) is 0 Å². The molecule has 0 saturated heterocycles. The average molecular weight is 367 g/mol. The molecular formula is C14H14F5N3OS. The van der Waals surface area contributed by atoms with Gasteiger partial charge in [0, 0.05) is 19.3 Å². The van der Waals surface area contributed by atoms with Crippen LogP contribution in [0.3, 0.4) is 0 Å². The maximum absolute atomic E-state index is 12.8. The lowest BCUT2D eigenvalue weighted by Gasteiger charge is -2.25. The molecule has 24 heavy (non-hydrogen) atoms. The first kappa shape index (κ1) is 20.1. The number of hydrogen-bond donors (Lipinski definition) is 1. The number of thiol groups is 1. The minimum Gasteiger partial charge on any atom is -0.268 e. The van der Waals surface area contributed by atoms with Crippen molar-refractivity contribution >= 4 is 12.8 Å². The van der Waals surface area contributed by atoms with Gasteiger partial charge in [-0.1, -0.05) is 18.9 Å². The number of halogens is 5. The summed E-state index contributed by atoms with van der Waals surface area (Å²) in [6.45, 7) is 0. The maximum atomic E-state index is 12.8. The molecule has 1 aromatic carbocycles. The fourth-order valence-corrected chi connectivity index (χ4v) is 1.99. The highest BCUT2D eigenvalue weighted by molar-refractivity contribution is 7.77. The zero-order valence-corrected chi connectivity index (χ0v) is 13.5. The van der Waals surface area contributed by atoms with E-state index >= 15 is 0 Å². The number of hydrogen-bond acceptors (Lipinski definition) is 4. The summed E-state index contributed by atoms with van der Waals surface area (Å²) in [5.41, 5.74) is -0.476. The molecule has 0 fully saturated rings. The second kappa shape index (κ2) is 8.25. The van der Waals surface area contributed by atoms with Crippen molar-refractivity contribution < 1.29 is 22.0 Å². The average Bonchev–Trinajstić information content (AvgIpc) is 2.45. The number of aromatic nitrogens is 2. The summed E-state index contributed by atoms with van der Waals surface area (Å²) >= 11 is 3.56. The normalized spacial score (nSPS) is 12.5. The van der Waals surface area contributed by atoms with Crippen LogP contribution in [0.15, 0.2) is 41.3 Å². The molecule has 0 amide bonds. The maximum Gasteiger partial charge on any atom is 0.408 e. The van der Waals surface area contributed by atoms with Crippen molar-refractivity contribution in [2.45, 2.75) is 12.2 Å². The molecule has 0 aliphatic rings. The summed E-state index contributed by atoms with van der Waals surface area (Å²) in [5, 5.41) is 3.68.